The van der Waals surface area contributed by atoms with Gasteiger partial charge in [0, 0.05) is 13.1 Å². The number of rotatable bonds is 7. The predicted octanol–water partition coefficient (Wildman–Crippen LogP) is 1.11. The van der Waals surface area contributed by atoms with Gasteiger partial charge in [0.05, 0.1) is 0 Å². The molecule has 0 aliphatic heterocycles. The molecule has 1 saturated carbocycles. The van der Waals surface area contributed by atoms with Crippen LogP contribution in [0.5, 0.6) is 0 Å². The maximum Gasteiger partial charge on any atom is 0.00745 e. The molecular formula is C9H20N2. The highest BCUT2D eigenvalue weighted by Crippen LogP contribution is 2.33. The summed E-state index contributed by atoms with van der Waals surface area (Å²) in [7, 11) is 0. The lowest BCUT2D eigenvalue weighted by atomic mass is 10.2. The smallest absolute Gasteiger partial charge is 0.00745 e. The van der Waals surface area contributed by atoms with Crippen LogP contribution >= 0.6 is 0 Å². The van der Waals surface area contributed by atoms with Crippen LogP contribution in [0.2, 0.25) is 0 Å². The fraction of sp³-hybridized carbons (Fsp3) is 1.00. The van der Waals surface area contributed by atoms with Gasteiger partial charge < -0.3 is 11.1 Å². The van der Waals surface area contributed by atoms with Crippen molar-refractivity contribution in [2.75, 3.05) is 19.6 Å². The van der Waals surface area contributed by atoms with Gasteiger partial charge in [-0.3, -0.25) is 0 Å². The topological polar surface area (TPSA) is 38.0 Å². The van der Waals surface area contributed by atoms with Crippen molar-refractivity contribution < 1.29 is 0 Å². The molecule has 2 nitrogen and oxygen atoms in total. The molecule has 0 heterocycles. The Morgan fingerprint density at radius 1 is 1.18 bits per heavy atom. The van der Waals surface area contributed by atoms with Crippen molar-refractivity contribution >= 4 is 0 Å². The molecule has 0 aromatic heterocycles. The summed E-state index contributed by atoms with van der Waals surface area (Å²) in [4.78, 5) is 0. The predicted molar refractivity (Wildman–Crippen MR) is 48.5 cm³/mol. The first-order chi connectivity index (χ1) is 5.43. The number of unbranched alkanes of at least 4 members (excludes halogenated alkanes) is 1. The third kappa shape index (κ3) is 5.22. The van der Waals surface area contributed by atoms with Crippen molar-refractivity contribution in [3.8, 4) is 0 Å². The molecule has 0 amide bonds. The quantitative estimate of drug-likeness (QED) is 0.542. The molecule has 0 unspecified atom stereocenters. The summed E-state index contributed by atoms with van der Waals surface area (Å²) in [6.45, 7) is 2.90. The molecule has 1 aliphatic carbocycles. The second-order valence-electron chi connectivity index (χ2n) is 3.48. The Morgan fingerprint density at radius 3 is 2.64 bits per heavy atom. The molecule has 0 saturated heterocycles. The molecule has 1 aliphatic rings. The normalized spacial score (nSPS) is 17.2. The minimum Gasteiger partial charge on any atom is -0.329 e. The van der Waals surface area contributed by atoms with Gasteiger partial charge in [-0.15, -0.1) is 0 Å². The van der Waals surface area contributed by atoms with Gasteiger partial charge in [0.25, 0.3) is 0 Å². The Balaban J connectivity index is 1.66. The first kappa shape index (κ1) is 9.01. The third-order valence-corrected chi connectivity index (χ3v) is 2.23. The molecule has 1 rings (SSSR count). The summed E-state index contributed by atoms with van der Waals surface area (Å²) in [5.41, 5.74) is 5.34. The monoisotopic (exact) mass is 156 g/mol. The Bertz CT molecular complexity index is 89.6. The van der Waals surface area contributed by atoms with Crippen LogP contribution < -0.4 is 11.1 Å². The van der Waals surface area contributed by atoms with E-state index in [4.69, 9.17) is 5.73 Å². The summed E-state index contributed by atoms with van der Waals surface area (Å²) in [6, 6.07) is 0. The molecule has 0 atom stereocenters. The van der Waals surface area contributed by atoms with Gasteiger partial charge >= 0.3 is 0 Å². The van der Waals surface area contributed by atoms with Crippen molar-refractivity contribution in [2.45, 2.75) is 32.1 Å². The standard InChI is InChI=1S/C9H20N2/c10-6-8-11-7-2-1-3-9-4-5-9/h9,11H,1-8,10H2. The Morgan fingerprint density at radius 2 is 2.00 bits per heavy atom. The zero-order valence-electron chi connectivity index (χ0n) is 7.31. The first-order valence-corrected chi connectivity index (χ1v) is 4.84. The second-order valence-corrected chi connectivity index (χ2v) is 3.48. The van der Waals surface area contributed by atoms with Gasteiger partial charge in [0.2, 0.25) is 0 Å². The fourth-order valence-electron chi connectivity index (χ4n) is 1.32. The molecule has 0 aromatic rings. The van der Waals surface area contributed by atoms with Crippen LogP contribution in [0.4, 0.5) is 0 Å². The van der Waals surface area contributed by atoms with Crippen molar-refractivity contribution in [3.05, 3.63) is 0 Å². The van der Waals surface area contributed by atoms with E-state index in [1.807, 2.05) is 0 Å². The highest BCUT2D eigenvalue weighted by molar-refractivity contribution is 4.72. The first-order valence-electron chi connectivity index (χ1n) is 4.84. The van der Waals surface area contributed by atoms with Gasteiger partial charge in [-0.1, -0.05) is 25.7 Å². The molecule has 0 radical (unpaired) electrons. The van der Waals surface area contributed by atoms with Gasteiger partial charge in [0.15, 0.2) is 0 Å². The molecule has 0 aromatic carbocycles. The van der Waals surface area contributed by atoms with E-state index in [0.29, 0.717) is 0 Å². The second kappa shape index (κ2) is 5.56. The maximum atomic E-state index is 5.34. The zero-order valence-corrected chi connectivity index (χ0v) is 7.31. The van der Waals surface area contributed by atoms with Crippen LogP contribution in [0.15, 0.2) is 0 Å². The number of nitrogens with two attached hydrogens (primary N) is 1. The summed E-state index contributed by atoms with van der Waals surface area (Å²) in [5.74, 6) is 1.10. The van der Waals surface area contributed by atoms with E-state index in [9.17, 15) is 0 Å². The Labute approximate surface area is 69.5 Å². The van der Waals surface area contributed by atoms with E-state index >= 15 is 0 Å². The molecule has 0 spiro atoms. The fourth-order valence-corrected chi connectivity index (χ4v) is 1.32. The highest BCUT2D eigenvalue weighted by Gasteiger charge is 2.19. The third-order valence-electron chi connectivity index (χ3n) is 2.23. The van der Waals surface area contributed by atoms with Crippen molar-refractivity contribution in [1.82, 2.24) is 5.32 Å². The van der Waals surface area contributed by atoms with Crippen molar-refractivity contribution in [3.63, 3.8) is 0 Å². The minimum atomic E-state index is 0.766. The largest absolute Gasteiger partial charge is 0.329 e. The summed E-state index contributed by atoms with van der Waals surface area (Å²) < 4.78 is 0. The Hall–Kier alpha value is -0.0800. The van der Waals surface area contributed by atoms with E-state index < -0.39 is 0 Å². The van der Waals surface area contributed by atoms with Crippen LogP contribution in [-0.4, -0.2) is 19.6 Å². The molecule has 2 heteroatoms. The lowest BCUT2D eigenvalue weighted by Crippen LogP contribution is -2.23. The van der Waals surface area contributed by atoms with Gasteiger partial charge in [-0.2, -0.15) is 0 Å². The van der Waals surface area contributed by atoms with Crippen molar-refractivity contribution in [2.24, 2.45) is 11.7 Å². The SMILES string of the molecule is NCCNCCCCC1CC1. The highest BCUT2D eigenvalue weighted by atomic mass is 14.9. The van der Waals surface area contributed by atoms with E-state index in [1.165, 1.54) is 32.1 Å². The van der Waals surface area contributed by atoms with Crippen molar-refractivity contribution in [1.29, 1.82) is 0 Å². The molecule has 1 fully saturated rings. The van der Waals surface area contributed by atoms with Crippen LogP contribution in [0.1, 0.15) is 32.1 Å². The van der Waals surface area contributed by atoms with Gasteiger partial charge in [0.1, 0.15) is 0 Å². The van der Waals surface area contributed by atoms with E-state index in [0.717, 1.165) is 25.6 Å². The Kier molecular flexibility index (Phi) is 4.55. The lowest BCUT2D eigenvalue weighted by Gasteiger charge is -2.01. The molecule has 11 heavy (non-hydrogen) atoms. The van der Waals surface area contributed by atoms with Gasteiger partial charge in [-0.05, 0) is 18.9 Å². The summed E-state index contributed by atoms with van der Waals surface area (Å²) >= 11 is 0. The number of hydrogen-bond donors (Lipinski definition) is 2. The molecule has 0 bridgehead atoms. The molecular weight excluding hydrogens is 136 g/mol. The maximum absolute atomic E-state index is 5.34. The summed E-state index contributed by atoms with van der Waals surface area (Å²) in [5, 5.41) is 3.30. The zero-order chi connectivity index (χ0) is 7.94. The van der Waals surface area contributed by atoms with E-state index in [-0.39, 0.29) is 0 Å². The van der Waals surface area contributed by atoms with Gasteiger partial charge in [-0.25, -0.2) is 0 Å². The van der Waals surface area contributed by atoms with E-state index in [1.54, 1.807) is 0 Å². The minimum absolute atomic E-state index is 0.766. The molecule has 3 N–H and O–H groups in total. The lowest BCUT2D eigenvalue weighted by molar-refractivity contribution is 0.583. The molecule has 66 valence electrons. The van der Waals surface area contributed by atoms with Crippen LogP contribution in [0, 0.1) is 5.92 Å². The average molecular weight is 156 g/mol. The number of hydrogen-bond acceptors (Lipinski definition) is 2. The van der Waals surface area contributed by atoms with Crippen LogP contribution in [0.25, 0.3) is 0 Å². The summed E-state index contributed by atoms with van der Waals surface area (Å²) in [6.07, 6.45) is 7.19. The van der Waals surface area contributed by atoms with Crippen LogP contribution in [-0.2, 0) is 0 Å². The average Bonchev–Trinajstić information content (AvgIpc) is 2.80. The van der Waals surface area contributed by atoms with E-state index in [2.05, 4.69) is 5.32 Å². The number of nitrogens with one attached hydrogen (secondary N) is 1. The van der Waals surface area contributed by atoms with Crippen LogP contribution in [0.3, 0.4) is 0 Å².